The molecule has 0 unspecified atom stereocenters. The Hall–Kier alpha value is -1.60. The molecular formula is C11H16N4O2S. The molecular weight excluding hydrogens is 252 g/mol. The number of nitrogens with two attached hydrogens (primary N) is 1. The first kappa shape index (κ1) is 14.5. The van der Waals surface area contributed by atoms with Gasteiger partial charge in [-0.3, -0.25) is 15.0 Å². The summed E-state index contributed by atoms with van der Waals surface area (Å²) < 4.78 is 0. The molecule has 7 heteroatoms. The number of nitrogens with zero attached hydrogens (tertiary/aromatic N) is 1. The van der Waals surface area contributed by atoms with Crippen molar-refractivity contribution in [1.29, 1.82) is 0 Å². The largest absolute Gasteiger partial charge is 0.356 e. The number of carbonyl (C=O) groups excluding carboxylic acids is 2. The first-order valence-corrected chi connectivity index (χ1v) is 6.64. The fourth-order valence-electron chi connectivity index (χ4n) is 1.26. The molecule has 0 aromatic carbocycles. The third-order valence-electron chi connectivity index (χ3n) is 2.03. The van der Waals surface area contributed by atoms with Crippen LogP contribution < -0.4 is 16.6 Å². The summed E-state index contributed by atoms with van der Waals surface area (Å²) in [6.45, 7) is 2.50. The standard InChI is InChI=1S/C11H16N4O2S/c1-2-13-10(16)7-18-6-8-4-3-5-9(14-8)11(17)15-12/h3-5H,2,6-7,12H2,1H3,(H,13,16)(H,15,17). The Morgan fingerprint density at radius 2 is 2.22 bits per heavy atom. The number of thioether (sulfide) groups is 1. The Labute approximate surface area is 110 Å². The van der Waals surface area contributed by atoms with Gasteiger partial charge in [0.25, 0.3) is 5.91 Å². The Kier molecular flexibility index (Phi) is 6.16. The predicted molar refractivity (Wildman–Crippen MR) is 70.7 cm³/mol. The van der Waals surface area contributed by atoms with Gasteiger partial charge < -0.3 is 5.32 Å². The lowest BCUT2D eigenvalue weighted by Gasteiger charge is -2.04. The molecule has 18 heavy (non-hydrogen) atoms. The summed E-state index contributed by atoms with van der Waals surface area (Å²) in [5.74, 6) is 5.55. The van der Waals surface area contributed by atoms with Gasteiger partial charge >= 0.3 is 0 Å². The molecule has 0 aliphatic carbocycles. The zero-order valence-corrected chi connectivity index (χ0v) is 10.9. The van der Waals surface area contributed by atoms with E-state index < -0.39 is 5.91 Å². The van der Waals surface area contributed by atoms with Crippen LogP contribution >= 0.6 is 11.8 Å². The highest BCUT2D eigenvalue weighted by Crippen LogP contribution is 2.10. The van der Waals surface area contributed by atoms with E-state index in [0.29, 0.717) is 18.1 Å². The molecule has 0 bridgehead atoms. The van der Waals surface area contributed by atoms with E-state index in [0.717, 1.165) is 5.69 Å². The summed E-state index contributed by atoms with van der Waals surface area (Å²) in [7, 11) is 0. The van der Waals surface area contributed by atoms with Gasteiger partial charge in [-0.15, -0.1) is 11.8 Å². The van der Waals surface area contributed by atoms with Gasteiger partial charge in [-0.05, 0) is 19.1 Å². The maximum Gasteiger partial charge on any atom is 0.283 e. The smallest absolute Gasteiger partial charge is 0.283 e. The summed E-state index contributed by atoms with van der Waals surface area (Å²) >= 11 is 1.44. The number of carbonyl (C=O) groups is 2. The zero-order chi connectivity index (χ0) is 13.4. The van der Waals surface area contributed by atoms with Crippen LogP contribution in [0.25, 0.3) is 0 Å². The lowest BCUT2D eigenvalue weighted by Crippen LogP contribution is -2.30. The monoisotopic (exact) mass is 268 g/mol. The molecule has 0 spiro atoms. The van der Waals surface area contributed by atoms with Gasteiger partial charge in [0.15, 0.2) is 0 Å². The molecule has 6 nitrogen and oxygen atoms in total. The van der Waals surface area contributed by atoms with Crippen molar-refractivity contribution in [3.63, 3.8) is 0 Å². The van der Waals surface area contributed by atoms with E-state index in [9.17, 15) is 9.59 Å². The summed E-state index contributed by atoms with van der Waals surface area (Å²) in [5, 5.41) is 2.71. The fourth-order valence-corrected chi connectivity index (χ4v) is 2.02. The normalized spacial score (nSPS) is 9.89. The quantitative estimate of drug-likeness (QED) is 0.385. The third-order valence-corrected chi connectivity index (χ3v) is 2.99. The van der Waals surface area contributed by atoms with E-state index in [1.54, 1.807) is 18.2 Å². The van der Waals surface area contributed by atoms with E-state index in [4.69, 9.17) is 5.84 Å². The van der Waals surface area contributed by atoms with Crippen LogP contribution in [-0.4, -0.2) is 29.1 Å². The van der Waals surface area contributed by atoms with Gasteiger partial charge in [0.05, 0.1) is 11.4 Å². The highest BCUT2D eigenvalue weighted by atomic mass is 32.2. The first-order chi connectivity index (χ1) is 8.67. The lowest BCUT2D eigenvalue weighted by atomic mass is 10.3. The summed E-state index contributed by atoms with van der Waals surface area (Å²) in [6, 6.07) is 5.12. The van der Waals surface area contributed by atoms with Gasteiger partial charge in [-0.2, -0.15) is 0 Å². The Balaban J connectivity index is 2.47. The minimum Gasteiger partial charge on any atom is -0.356 e. The number of nitrogen functional groups attached to an aromatic ring is 1. The van der Waals surface area contributed by atoms with Crippen molar-refractivity contribution in [2.24, 2.45) is 5.84 Å². The third kappa shape index (κ3) is 4.72. The molecule has 1 rings (SSSR count). The number of hydrogen-bond donors (Lipinski definition) is 3. The van der Waals surface area contributed by atoms with E-state index in [-0.39, 0.29) is 11.6 Å². The molecule has 0 atom stereocenters. The summed E-state index contributed by atoms with van der Waals surface area (Å²) in [5.41, 5.74) is 3.04. The van der Waals surface area contributed by atoms with Gasteiger partial charge in [-0.1, -0.05) is 6.07 Å². The second-order valence-electron chi connectivity index (χ2n) is 3.43. The number of rotatable bonds is 6. The molecule has 1 aromatic heterocycles. The van der Waals surface area contributed by atoms with Crippen molar-refractivity contribution < 1.29 is 9.59 Å². The van der Waals surface area contributed by atoms with Crippen molar-refractivity contribution in [3.05, 3.63) is 29.6 Å². The minimum atomic E-state index is -0.425. The molecule has 0 saturated carbocycles. The van der Waals surface area contributed by atoms with Crippen LogP contribution in [0.15, 0.2) is 18.2 Å². The van der Waals surface area contributed by atoms with Crippen molar-refractivity contribution in [3.8, 4) is 0 Å². The number of pyridine rings is 1. The molecule has 0 fully saturated rings. The zero-order valence-electron chi connectivity index (χ0n) is 10.1. The van der Waals surface area contributed by atoms with Crippen LogP contribution in [0, 0.1) is 0 Å². The van der Waals surface area contributed by atoms with Crippen LogP contribution in [-0.2, 0) is 10.5 Å². The van der Waals surface area contributed by atoms with Crippen LogP contribution in [0.5, 0.6) is 0 Å². The van der Waals surface area contributed by atoms with Crippen molar-refractivity contribution >= 4 is 23.6 Å². The lowest BCUT2D eigenvalue weighted by molar-refractivity contribution is -0.118. The van der Waals surface area contributed by atoms with Crippen molar-refractivity contribution in [2.45, 2.75) is 12.7 Å². The number of hydrogen-bond acceptors (Lipinski definition) is 5. The van der Waals surface area contributed by atoms with Gasteiger partial charge in [0.1, 0.15) is 5.69 Å². The van der Waals surface area contributed by atoms with Crippen LogP contribution in [0.4, 0.5) is 0 Å². The Morgan fingerprint density at radius 1 is 1.44 bits per heavy atom. The maximum atomic E-state index is 11.3. The fraction of sp³-hybridized carbons (Fsp3) is 0.364. The second kappa shape index (κ2) is 7.67. The van der Waals surface area contributed by atoms with Crippen LogP contribution in [0.2, 0.25) is 0 Å². The average molecular weight is 268 g/mol. The highest BCUT2D eigenvalue weighted by Gasteiger charge is 2.06. The first-order valence-electron chi connectivity index (χ1n) is 5.48. The van der Waals surface area contributed by atoms with Gasteiger partial charge in [0, 0.05) is 12.3 Å². The van der Waals surface area contributed by atoms with E-state index in [1.165, 1.54) is 11.8 Å². The Bertz CT molecular complexity index is 425. The highest BCUT2D eigenvalue weighted by molar-refractivity contribution is 7.99. The SMILES string of the molecule is CCNC(=O)CSCc1cccc(C(=O)NN)n1. The van der Waals surface area contributed by atoms with Gasteiger partial charge in [0.2, 0.25) is 5.91 Å². The number of amides is 2. The molecule has 0 aliphatic heterocycles. The van der Waals surface area contributed by atoms with Crippen LogP contribution in [0.1, 0.15) is 23.1 Å². The molecule has 2 amide bonds. The van der Waals surface area contributed by atoms with E-state index in [1.807, 2.05) is 12.3 Å². The van der Waals surface area contributed by atoms with E-state index >= 15 is 0 Å². The molecule has 98 valence electrons. The second-order valence-corrected chi connectivity index (χ2v) is 4.42. The minimum absolute atomic E-state index is 0.00152. The molecule has 0 radical (unpaired) electrons. The van der Waals surface area contributed by atoms with Crippen LogP contribution in [0.3, 0.4) is 0 Å². The maximum absolute atomic E-state index is 11.3. The number of aromatic nitrogens is 1. The molecule has 0 aliphatic rings. The number of hydrazine groups is 1. The predicted octanol–water partition coefficient (Wildman–Crippen LogP) is 0.0544. The number of nitrogens with one attached hydrogen (secondary N) is 2. The summed E-state index contributed by atoms with van der Waals surface area (Å²) in [4.78, 5) is 26.6. The molecule has 0 saturated heterocycles. The molecule has 4 N–H and O–H groups in total. The van der Waals surface area contributed by atoms with Crippen molar-refractivity contribution in [2.75, 3.05) is 12.3 Å². The molecule has 1 aromatic rings. The topological polar surface area (TPSA) is 97.1 Å². The summed E-state index contributed by atoms with van der Waals surface area (Å²) in [6.07, 6.45) is 0. The Morgan fingerprint density at radius 3 is 2.89 bits per heavy atom. The van der Waals surface area contributed by atoms with E-state index in [2.05, 4.69) is 10.3 Å². The van der Waals surface area contributed by atoms with Crippen molar-refractivity contribution in [1.82, 2.24) is 15.7 Å². The molecule has 1 heterocycles. The average Bonchev–Trinajstić information content (AvgIpc) is 2.38. The van der Waals surface area contributed by atoms with Gasteiger partial charge in [-0.25, -0.2) is 10.8 Å².